The van der Waals surface area contributed by atoms with Crippen molar-refractivity contribution in [3.63, 3.8) is 0 Å². The van der Waals surface area contributed by atoms with Crippen LogP contribution in [0.25, 0.3) is 0 Å². The van der Waals surface area contributed by atoms with Gasteiger partial charge < -0.3 is 9.84 Å². The molecule has 1 unspecified atom stereocenters. The third kappa shape index (κ3) is 4.78. The van der Waals surface area contributed by atoms with Crippen LogP contribution in [-0.2, 0) is 12.0 Å². The minimum Gasteiger partial charge on any atom is -0.508 e. The quantitative estimate of drug-likeness (QED) is 0.552. The zero-order chi connectivity index (χ0) is 22.8. The molecule has 2 heterocycles. The van der Waals surface area contributed by atoms with Gasteiger partial charge >= 0.3 is 0 Å². The maximum absolute atomic E-state index is 10.1. The fourth-order valence-corrected chi connectivity index (χ4v) is 5.63. The summed E-state index contributed by atoms with van der Waals surface area (Å²) in [7, 11) is 0. The van der Waals surface area contributed by atoms with Crippen LogP contribution < -0.4 is 4.74 Å². The molecule has 0 aliphatic carbocycles. The van der Waals surface area contributed by atoms with Crippen LogP contribution in [0.3, 0.4) is 0 Å². The molecule has 33 heavy (non-hydrogen) atoms. The van der Waals surface area contributed by atoms with Crippen LogP contribution in [0.4, 0.5) is 0 Å². The van der Waals surface area contributed by atoms with E-state index in [4.69, 9.17) is 4.74 Å². The Balaban J connectivity index is 1.27. The van der Waals surface area contributed by atoms with Crippen LogP contribution in [0, 0.1) is 5.92 Å². The first-order chi connectivity index (χ1) is 16.0. The summed E-state index contributed by atoms with van der Waals surface area (Å²) in [5.41, 5.74) is 2.63. The predicted octanol–water partition coefficient (Wildman–Crippen LogP) is 5.67. The van der Waals surface area contributed by atoms with Gasteiger partial charge in [-0.3, -0.25) is 9.80 Å². The Kier molecular flexibility index (Phi) is 6.13. The Bertz CT molecular complexity index is 1090. The molecule has 0 spiro atoms. The summed E-state index contributed by atoms with van der Waals surface area (Å²) in [6.07, 6.45) is 1.12. The van der Waals surface area contributed by atoms with Crippen LogP contribution in [-0.4, -0.2) is 47.1 Å². The Labute approximate surface area is 197 Å². The van der Waals surface area contributed by atoms with Crippen molar-refractivity contribution < 1.29 is 9.84 Å². The van der Waals surface area contributed by atoms with Crippen molar-refractivity contribution in [2.45, 2.75) is 38.3 Å². The van der Waals surface area contributed by atoms with Crippen LogP contribution >= 0.6 is 0 Å². The maximum atomic E-state index is 10.1. The monoisotopic (exact) mass is 442 g/mol. The second-order valence-electron chi connectivity index (χ2n) is 10.0. The number of hydrogen-bond donors (Lipinski definition) is 1. The van der Waals surface area contributed by atoms with Crippen molar-refractivity contribution in [3.05, 3.63) is 90.0 Å². The van der Waals surface area contributed by atoms with E-state index in [9.17, 15) is 5.11 Å². The van der Waals surface area contributed by atoms with Crippen LogP contribution in [0.15, 0.2) is 78.9 Å². The number of nitrogens with zero attached hydrogens (tertiary/aromatic N) is 2. The number of piperidine rings is 1. The number of aromatic hydroxyl groups is 1. The molecule has 3 atom stereocenters. The zero-order valence-electron chi connectivity index (χ0n) is 19.7. The van der Waals surface area contributed by atoms with Crippen molar-refractivity contribution in [2.24, 2.45) is 5.92 Å². The molecule has 3 aromatic rings. The lowest BCUT2D eigenvalue weighted by Gasteiger charge is -2.53. The minimum atomic E-state index is 0.0758. The molecule has 3 aromatic carbocycles. The number of hydrogen-bond acceptors (Lipinski definition) is 4. The van der Waals surface area contributed by atoms with Gasteiger partial charge in [-0.05, 0) is 65.3 Å². The van der Waals surface area contributed by atoms with Crippen LogP contribution in [0.1, 0.15) is 31.4 Å². The topological polar surface area (TPSA) is 35.9 Å². The fourth-order valence-electron chi connectivity index (χ4n) is 5.63. The molecule has 0 radical (unpaired) electrons. The van der Waals surface area contributed by atoms with E-state index in [-0.39, 0.29) is 5.41 Å². The standard InChI is InChI=1S/C29H34N2O2/c1-22-19-31-15-14-30(21-25(31)18-29(22,2)24-9-7-10-26(32)17-24)20-23-8-6-13-28(16-23)33-27-11-4-3-5-12-27/h3-13,16-17,22,25,32H,14-15,18-21H2,1-2H3/t22-,25?,29+/m0/s1. The molecular weight excluding hydrogens is 408 g/mol. The lowest BCUT2D eigenvalue weighted by atomic mass is 9.65. The maximum Gasteiger partial charge on any atom is 0.127 e. The number of piperazine rings is 1. The van der Waals surface area contributed by atoms with E-state index < -0.39 is 0 Å². The molecular formula is C29H34N2O2. The first kappa shape index (κ1) is 22.0. The summed E-state index contributed by atoms with van der Waals surface area (Å²) in [5, 5.41) is 10.1. The third-order valence-corrected chi connectivity index (χ3v) is 7.73. The summed E-state index contributed by atoms with van der Waals surface area (Å²) in [6.45, 7) is 10.1. The molecule has 0 bridgehead atoms. The molecule has 4 nitrogen and oxygen atoms in total. The molecule has 5 rings (SSSR count). The Morgan fingerprint density at radius 2 is 1.70 bits per heavy atom. The number of phenols is 1. The average molecular weight is 443 g/mol. The van der Waals surface area contributed by atoms with Crippen molar-refractivity contribution >= 4 is 0 Å². The number of para-hydroxylation sites is 1. The molecule has 0 saturated carbocycles. The van der Waals surface area contributed by atoms with E-state index in [1.807, 2.05) is 48.5 Å². The van der Waals surface area contributed by atoms with Crippen molar-refractivity contribution in [2.75, 3.05) is 26.2 Å². The van der Waals surface area contributed by atoms with Crippen molar-refractivity contribution in [3.8, 4) is 17.2 Å². The molecule has 4 heteroatoms. The molecule has 0 amide bonds. The summed E-state index contributed by atoms with van der Waals surface area (Å²) in [4.78, 5) is 5.27. The van der Waals surface area contributed by atoms with E-state index in [1.165, 1.54) is 11.1 Å². The Morgan fingerprint density at radius 1 is 0.909 bits per heavy atom. The first-order valence-electron chi connectivity index (χ1n) is 12.1. The molecule has 172 valence electrons. The highest BCUT2D eigenvalue weighted by Crippen LogP contribution is 2.43. The molecule has 2 aliphatic rings. The van der Waals surface area contributed by atoms with Gasteiger partial charge in [0.25, 0.3) is 0 Å². The summed E-state index contributed by atoms with van der Waals surface area (Å²) < 4.78 is 6.04. The van der Waals surface area contributed by atoms with E-state index in [2.05, 4.69) is 47.9 Å². The van der Waals surface area contributed by atoms with Crippen molar-refractivity contribution in [1.82, 2.24) is 9.80 Å². The summed E-state index contributed by atoms with van der Waals surface area (Å²) in [5.74, 6) is 2.67. The predicted molar refractivity (Wildman–Crippen MR) is 133 cm³/mol. The molecule has 1 N–H and O–H groups in total. The zero-order valence-corrected chi connectivity index (χ0v) is 19.7. The largest absolute Gasteiger partial charge is 0.508 e. The SMILES string of the molecule is C[C@H]1CN2CCN(Cc3cccc(Oc4ccccc4)c3)CC2C[C@@]1(C)c1cccc(O)c1. The Morgan fingerprint density at radius 3 is 2.52 bits per heavy atom. The lowest BCUT2D eigenvalue weighted by Crippen LogP contribution is -2.60. The van der Waals surface area contributed by atoms with Gasteiger partial charge in [-0.1, -0.05) is 56.3 Å². The lowest BCUT2D eigenvalue weighted by molar-refractivity contribution is -0.00558. The van der Waals surface area contributed by atoms with Gasteiger partial charge in [0.1, 0.15) is 17.2 Å². The summed E-state index contributed by atoms with van der Waals surface area (Å²) >= 11 is 0. The van der Waals surface area contributed by atoms with Crippen LogP contribution in [0.5, 0.6) is 17.2 Å². The van der Waals surface area contributed by atoms with Gasteiger partial charge in [0.05, 0.1) is 0 Å². The highest BCUT2D eigenvalue weighted by molar-refractivity contribution is 5.35. The minimum absolute atomic E-state index is 0.0758. The number of rotatable bonds is 5. The average Bonchev–Trinajstić information content (AvgIpc) is 2.81. The van der Waals surface area contributed by atoms with Gasteiger partial charge in [0.2, 0.25) is 0 Å². The number of phenolic OH excluding ortho intramolecular Hbond substituents is 1. The molecule has 2 aliphatic heterocycles. The number of fused-ring (bicyclic) bond motifs is 1. The normalized spacial score (nSPS) is 26.0. The molecule has 2 saturated heterocycles. The highest BCUT2D eigenvalue weighted by atomic mass is 16.5. The van der Waals surface area contributed by atoms with Gasteiger partial charge in [-0.25, -0.2) is 0 Å². The fraction of sp³-hybridized carbons (Fsp3) is 0.379. The van der Waals surface area contributed by atoms with Crippen molar-refractivity contribution in [1.29, 1.82) is 0 Å². The van der Waals surface area contributed by atoms with E-state index in [1.54, 1.807) is 6.07 Å². The second-order valence-corrected chi connectivity index (χ2v) is 10.0. The van der Waals surface area contributed by atoms with E-state index in [0.717, 1.165) is 50.6 Å². The third-order valence-electron chi connectivity index (χ3n) is 7.73. The van der Waals surface area contributed by atoms with Gasteiger partial charge in [0.15, 0.2) is 0 Å². The van der Waals surface area contributed by atoms with Crippen LogP contribution in [0.2, 0.25) is 0 Å². The molecule has 2 fully saturated rings. The number of benzene rings is 3. The second kappa shape index (κ2) is 9.20. The van der Waals surface area contributed by atoms with E-state index >= 15 is 0 Å². The smallest absolute Gasteiger partial charge is 0.127 e. The summed E-state index contributed by atoms with van der Waals surface area (Å²) in [6, 6.07) is 26.9. The molecule has 0 aromatic heterocycles. The van der Waals surface area contributed by atoms with Gasteiger partial charge in [0, 0.05) is 38.8 Å². The Hall–Kier alpha value is -2.82. The highest BCUT2D eigenvalue weighted by Gasteiger charge is 2.44. The first-order valence-corrected chi connectivity index (χ1v) is 12.1. The van der Waals surface area contributed by atoms with E-state index in [0.29, 0.717) is 17.7 Å². The van der Waals surface area contributed by atoms with Gasteiger partial charge in [-0.15, -0.1) is 0 Å². The number of ether oxygens (including phenoxy) is 1. The van der Waals surface area contributed by atoms with Gasteiger partial charge in [-0.2, -0.15) is 0 Å².